The van der Waals surface area contributed by atoms with Crippen molar-refractivity contribution in [2.24, 2.45) is 5.10 Å². The average molecular weight is 419 g/mol. The van der Waals surface area contributed by atoms with Gasteiger partial charge >= 0.3 is 6.18 Å². The molecule has 0 aliphatic rings. The zero-order valence-corrected chi connectivity index (χ0v) is 15.5. The summed E-state index contributed by atoms with van der Waals surface area (Å²) in [5.74, 6) is -0.479. The Hall–Kier alpha value is -3.39. The third-order valence-corrected chi connectivity index (χ3v) is 3.97. The standard InChI is InChI=1S/C20H14ClF3N4O/c21-15-6-1-4-13(10-15)12-26-28-19(29)17-8-3-9-25-18(17)27-16-7-2-5-14(11-16)20(22,23)24/h1-12H,(H,25,27)(H,28,29)/b26-12+. The number of hydrogen-bond donors (Lipinski definition) is 2. The van der Waals surface area contributed by atoms with Crippen molar-refractivity contribution in [3.05, 3.63) is 88.6 Å². The molecule has 0 aliphatic heterocycles. The van der Waals surface area contributed by atoms with Crippen LogP contribution >= 0.6 is 11.6 Å². The van der Waals surface area contributed by atoms with Gasteiger partial charge in [-0.3, -0.25) is 4.79 Å². The number of halogens is 4. The first-order chi connectivity index (χ1) is 13.8. The Morgan fingerprint density at radius 1 is 1.07 bits per heavy atom. The van der Waals surface area contributed by atoms with Crippen molar-refractivity contribution in [3.63, 3.8) is 0 Å². The van der Waals surface area contributed by atoms with E-state index in [4.69, 9.17) is 11.6 Å². The summed E-state index contributed by atoms with van der Waals surface area (Å²) < 4.78 is 38.7. The van der Waals surface area contributed by atoms with Crippen molar-refractivity contribution >= 4 is 35.2 Å². The number of nitrogens with one attached hydrogen (secondary N) is 2. The molecule has 2 aromatic carbocycles. The number of hydrogen-bond acceptors (Lipinski definition) is 4. The van der Waals surface area contributed by atoms with Gasteiger partial charge in [0, 0.05) is 16.9 Å². The number of rotatable bonds is 5. The van der Waals surface area contributed by atoms with E-state index in [0.29, 0.717) is 10.6 Å². The molecule has 1 aromatic heterocycles. The minimum Gasteiger partial charge on any atom is -0.340 e. The van der Waals surface area contributed by atoms with Crippen LogP contribution in [-0.2, 0) is 6.18 Å². The van der Waals surface area contributed by atoms with Gasteiger partial charge in [-0.15, -0.1) is 0 Å². The van der Waals surface area contributed by atoms with Crippen LogP contribution in [0.15, 0.2) is 72.0 Å². The molecule has 148 valence electrons. The Labute approximate surface area is 169 Å². The minimum absolute atomic E-state index is 0.0993. The van der Waals surface area contributed by atoms with E-state index >= 15 is 0 Å². The van der Waals surface area contributed by atoms with Gasteiger partial charge in [0.2, 0.25) is 0 Å². The first-order valence-corrected chi connectivity index (χ1v) is 8.69. The smallest absolute Gasteiger partial charge is 0.340 e. The lowest BCUT2D eigenvalue weighted by Crippen LogP contribution is -2.19. The predicted octanol–water partition coefficient (Wildman–Crippen LogP) is 5.26. The third kappa shape index (κ3) is 5.55. The fourth-order valence-corrected chi connectivity index (χ4v) is 2.61. The zero-order chi connectivity index (χ0) is 20.9. The van der Waals surface area contributed by atoms with Crippen LogP contribution in [0.25, 0.3) is 0 Å². The van der Waals surface area contributed by atoms with E-state index in [2.05, 4.69) is 20.8 Å². The Morgan fingerprint density at radius 3 is 2.62 bits per heavy atom. The third-order valence-electron chi connectivity index (χ3n) is 3.73. The fraction of sp³-hybridized carbons (Fsp3) is 0.0500. The van der Waals surface area contributed by atoms with Crippen LogP contribution in [0.5, 0.6) is 0 Å². The van der Waals surface area contributed by atoms with Crippen molar-refractivity contribution in [2.75, 3.05) is 5.32 Å². The van der Waals surface area contributed by atoms with Gasteiger partial charge in [0.15, 0.2) is 0 Å². The van der Waals surface area contributed by atoms with E-state index in [0.717, 1.165) is 12.1 Å². The maximum atomic E-state index is 12.9. The van der Waals surface area contributed by atoms with Gasteiger partial charge in [0.1, 0.15) is 5.82 Å². The van der Waals surface area contributed by atoms with Gasteiger partial charge in [-0.25, -0.2) is 10.4 Å². The molecule has 3 aromatic rings. The van der Waals surface area contributed by atoms with Gasteiger partial charge in [-0.1, -0.05) is 29.8 Å². The van der Waals surface area contributed by atoms with E-state index in [1.165, 1.54) is 36.7 Å². The summed E-state index contributed by atoms with van der Waals surface area (Å²) in [4.78, 5) is 16.5. The lowest BCUT2D eigenvalue weighted by Gasteiger charge is -2.12. The summed E-state index contributed by atoms with van der Waals surface area (Å²) in [5, 5.41) is 7.13. The van der Waals surface area contributed by atoms with Gasteiger partial charge < -0.3 is 5.32 Å². The average Bonchev–Trinajstić information content (AvgIpc) is 2.68. The summed E-state index contributed by atoms with van der Waals surface area (Å²) in [6.07, 6.45) is -1.64. The molecule has 0 fully saturated rings. The summed E-state index contributed by atoms with van der Waals surface area (Å²) >= 11 is 5.88. The Bertz CT molecular complexity index is 1050. The zero-order valence-electron chi connectivity index (χ0n) is 14.7. The molecule has 5 nitrogen and oxygen atoms in total. The molecule has 1 heterocycles. The highest BCUT2D eigenvalue weighted by Gasteiger charge is 2.30. The second-order valence-corrected chi connectivity index (χ2v) is 6.29. The number of carbonyl (C=O) groups is 1. The van der Waals surface area contributed by atoms with E-state index in [1.807, 2.05) is 0 Å². The molecule has 0 radical (unpaired) electrons. The van der Waals surface area contributed by atoms with E-state index in [9.17, 15) is 18.0 Å². The number of alkyl halides is 3. The van der Waals surface area contributed by atoms with Gasteiger partial charge in [-0.2, -0.15) is 18.3 Å². The van der Waals surface area contributed by atoms with E-state index < -0.39 is 17.6 Å². The quantitative estimate of drug-likeness (QED) is 0.438. The molecular weight excluding hydrogens is 405 g/mol. The van der Waals surface area contributed by atoms with Crippen LogP contribution in [0.3, 0.4) is 0 Å². The maximum absolute atomic E-state index is 12.9. The molecule has 1 amide bonds. The summed E-state index contributed by atoms with van der Waals surface area (Å²) in [6.45, 7) is 0. The van der Waals surface area contributed by atoms with Crippen LogP contribution in [0.1, 0.15) is 21.5 Å². The van der Waals surface area contributed by atoms with Crippen molar-refractivity contribution in [1.82, 2.24) is 10.4 Å². The highest BCUT2D eigenvalue weighted by atomic mass is 35.5. The second kappa shape index (κ2) is 8.74. The van der Waals surface area contributed by atoms with Crippen molar-refractivity contribution < 1.29 is 18.0 Å². The molecular formula is C20H14ClF3N4O. The number of pyridine rings is 1. The SMILES string of the molecule is O=C(N/N=C/c1cccc(Cl)c1)c1cccnc1Nc1cccc(C(F)(F)F)c1. The van der Waals surface area contributed by atoms with E-state index in [-0.39, 0.29) is 17.1 Å². The molecule has 29 heavy (non-hydrogen) atoms. The number of anilines is 2. The monoisotopic (exact) mass is 418 g/mol. The molecule has 0 atom stereocenters. The lowest BCUT2D eigenvalue weighted by molar-refractivity contribution is -0.137. The molecule has 0 aliphatic carbocycles. The highest BCUT2D eigenvalue weighted by molar-refractivity contribution is 6.30. The van der Waals surface area contributed by atoms with Crippen LogP contribution in [0, 0.1) is 0 Å². The summed E-state index contributed by atoms with van der Waals surface area (Å²) in [7, 11) is 0. The predicted molar refractivity (Wildman–Crippen MR) is 105 cm³/mol. The molecule has 2 N–H and O–H groups in total. The number of aromatic nitrogens is 1. The number of benzene rings is 2. The topological polar surface area (TPSA) is 66.4 Å². The Balaban J connectivity index is 1.76. The number of hydrazone groups is 1. The van der Waals surface area contributed by atoms with Crippen molar-refractivity contribution in [3.8, 4) is 0 Å². The molecule has 0 saturated heterocycles. The second-order valence-electron chi connectivity index (χ2n) is 5.86. The molecule has 0 saturated carbocycles. The molecule has 3 rings (SSSR count). The number of amides is 1. The van der Waals surface area contributed by atoms with E-state index in [1.54, 1.807) is 24.3 Å². The molecule has 9 heteroatoms. The molecule has 0 bridgehead atoms. The van der Waals surface area contributed by atoms with Gasteiger partial charge in [0.25, 0.3) is 5.91 Å². The maximum Gasteiger partial charge on any atom is 0.416 e. The fourth-order valence-electron chi connectivity index (χ4n) is 2.41. The molecule has 0 spiro atoms. The van der Waals surface area contributed by atoms with Crippen LogP contribution in [-0.4, -0.2) is 17.1 Å². The first-order valence-electron chi connectivity index (χ1n) is 8.31. The van der Waals surface area contributed by atoms with Crippen LogP contribution in [0.4, 0.5) is 24.7 Å². The summed E-state index contributed by atoms with van der Waals surface area (Å²) in [6, 6.07) is 14.5. The van der Waals surface area contributed by atoms with Gasteiger partial charge in [0.05, 0.1) is 17.3 Å². The minimum atomic E-state index is -4.48. The largest absolute Gasteiger partial charge is 0.416 e. The van der Waals surface area contributed by atoms with Crippen LogP contribution in [0.2, 0.25) is 5.02 Å². The van der Waals surface area contributed by atoms with Crippen LogP contribution < -0.4 is 10.7 Å². The lowest BCUT2D eigenvalue weighted by atomic mass is 10.2. The first kappa shape index (κ1) is 20.3. The van der Waals surface area contributed by atoms with Gasteiger partial charge in [-0.05, 0) is 48.0 Å². The van der Waals surface area contributed by atoms with Crippen molar-refractivity contribution in [2.45, 2.75) is 6.18 Å². The highest BCUT2D eigenvalue weighted by Crippen LogP contribution is 2.31. The Morgan fingerprint density at radius 2 is 1.86 bits per heavy atom. The number of nitrogens with zero attached hydrogens (tertiary/aromatic N) is 2. The number of carbonyl (C=O) groups excluding carboxylic acids is 1. The van der Waals surface area contributed by atoms with Crippen molar-refractivity contribution in [1.29, 1.82) is 0 Å². The summed E-state index contributed by atoms with van der Waals surface area (Å²) in [5.41, 5.74) is 2.50. The normalized spacial score (nSPS) is 11.4. The Kier molecular flexibility index (Phi) is 6.13. The molecule has 0 unspecified atom stereocenters.